The molecule has 3 aromatic rings. The molecule has 2 aromatic carbocycles. The maximum absolute atomic E-state index is 13.2. The van der Waals surface area contributed by atoms with Crippen LogP contribution >= 0.6 is 22.9 Å². The first-order valence-electron chi connectivity index (χ1n) is 9.92. The van der Waals surface area contributed by atoms with Crippen molar-refractivity contribution in [1.29, 1.82) is 0 Å². The number of para-hydroxylation sites is 1. The number of amides is 1. The molecule has 0 atom stereocenters. The van der Waals surface area contributed by atoms with Gasteiger partial charge in [-0.25, -0.2) is 8.42 Å². The van der Waals surface area contributed by atoms with Crippen LogP contribution in [-0.2, 0) is 16.6 Å². The molecule has 1 N–H and O–H groups in total. The zero-order valence-electron chi connectivity index (χ0n) is 17.2. The molecule has 168 valence electrons. The Hall–Kier alpha value is -2.75. The van der Waals surface area contributed by atoms with Gasteiger partial charge in [0, 0.05) is 17.5 Å². The Bertz CT molecular complexity index is 1240. The molecule has 1 amide bonds. The molecule has 0 spiro atoms. The number of carbonyl (C=O) groups is 1. The molecule has 0 bridgehead atoms. The van der Waals surface area contributed by atoms with Crippen LogP contribution in [0.5, 0.6) is 11.5 Å². The second-order valence-corrected chi connectivity index (χ2v) is 10.5. The number of benzene rings is 2. The number of anilines is 1. The van der Waals surface area contributed by atoms with E-state index in [0.717, 1.165) is 4.88 Å². The summed E-state index contributed by atoms with van der Waals surface area (Å²) in [6.07, 6.45) is 0. The van der Waals surface area contributed by atoms with Gasteiger partial charge in [0.15, 0.2) is 11.5 Å². The van der Waals surface area contributed by atoms with Gasteiger partial charge in [0.25, 0.3) is 15.9 Å². The number of halogens is 1. The van der Waals surface area contributed by atoms with E-state index in [1.54, 1.807) is 41.3 Å². The number of ether oxygens (including phenoxy) is 2. The third kappa shape index (κ3) is 4.85. The van der Waals surface area contributed by atoms with Gasteiger partial charge < -0.3 is 14.4 Å². The van der Waals surface area contributed by atoms with Gasteiger partial charge in [0.1, 0.15) is 13.2 Å². The molecule has 0 fully saturated rings. The number of rotatable bonds is 7. The fraction of sp³-hybridized carbons (Fsp3) is 0.227. The van der Waals surface area contributed by atoms with Gasteiger partial charge >= 0.3 is 0 Å². The molecule has 0 unspecified atom stereocenters. The summed E-state index contributed by atoms with van der Waals surface area (Å²) in [5.74, 6) is 0.589. The van der Waals surface area contributed by atoms with E-state index in [1.807, 2.05) is 13.0 Å². The largest absolute Gasteiger partial charge is 0.486 e. The zero-order valence-corrected chi connectivity index (χ0v) is 19.6. The van der Waals surface area contributed by atoms with Gasteiger partial charge in [0.05, 0.1) is 27.0 Å². The smallest absolute Gasteiger partial charge is 0.262 e. The molecule has 7 nitrogen and oxygen atoms in total. The van der Waals surface area contributed by atoms with Crippen LogP contribution in [-0.4, -0.2) is 39.0 Å². The normalized spacial score (nSPS) is 12.9. The first-order chi connectivity index (χ1) is 15.4. The fourth-order valence-corrected chi connectivity index (χ4v) is 5.47. The summed E-state index contributed by atoms with van der Waals surface area (Å²) in [4.78, 5) is 15.8. The van der Waals surface area contributed by atoms with E-state index >= 15 is 0 Å². The number of carbonyl (C=O) groups excluding carboxylic acids is 1. The number of sulfonamides is 1. The minimum Gasteiger partial charge on any atom is -0.486 e. The van der Waals surface area contributed by atoms with Gasteiger partial charge in [-0.1, -0.05) is 23.7 Å². The van der Waals surface area contributed by atoms with Crippen LogP contribution in [0.25, 0.3) is 0 Å². The predicted molar refractivity (Wildman–Crippen MR) is 124 cm³/mol. The summed E-state index contributed by atoms with van der Waals surface area (Å²) >= 11 is 7.41. The van der Waals surface area contributed by atoms with E-state index < -0.39 is 10.0 Å². The molecule has 1 aliphatic rings. The number of fused-ring (bicyclic) bond motifs is 1. The summed E-state index contributed by atoms with van der Waals surface area (Å²) in [7, 11) is -3.96. The first kappa shape index (κ1) is 22.4. The Morgan fingerprint density at radius 2 is 1.84 bits per heavy atom. The first-order valence-corrected chi connectivity index (χ1v) is 12.6. The summed E-state index contributed by atoms with van der Waals surface area (Å²) in [6.45, 7) is 3.48. The van der Waals surface area contributed by atoms with Gasteiger partial charge in [-0.2, -0.15) is 0 Å². The Morgan fingerprint density at radius 3 is 2.56 bits per heavy atom. The summed E-state index contributed by atoms with van der Waals surface area (Å²) in [5.41, 5.74) is 0.466. The molecule has 10 heteroatoms. The van der Waals surface area contributed by atoms with Crippen molar-refractivity contribution in [2.45, 2.75) is 18.4 Å². The van der Waals surface area contributed by atoms with Crippen LogP contribution < -0.4 is 14.2 Å². The Morgan fingerprint density at radius 1 is 1.09 bits per heavy atom. The van der Waals surface area contributed by atoms with Crippen LogP contribution in [0.4, 0.5) is 5.69 Å². The zero-order chi connectivity index (χ0) is 22.7. The maximum Gasteiger partial charge on any atom is 0.262 e. The third-order valence-corrected chi connectivity index (χ3v) is 7.45. The molecule has 0 saturated carbocycles. The number of nitrogens with zero attached hydrogens (tertiary/aromatic N) is 1. The van der Waals surface area contributed by atoms with Crippen molar-refractivity contribution < 1.29 is 22.7 Å². The quantitative estimate of drug-likeness (QED) is 0.519. The Kier molecular flexibility index (Phi) is 6.59. The molecular formula is C22H21ClN2O5S2. The average molecular weight is 493 g/mol. The van der Waals surface area contributed by atoms with E-state index in [1.165, 1.54) is 23.5 Å². The van der Waals surface area contributed by atoms with E-state index in [-0.39, 0.29) is 22.1 Å². The van der Waals surface area contributed by atoms with E-state index in [9.17, 15) is 13.2 Å². The van der Waals surface area contributed by atoms with E-state index in [0.29, 0.717) is 42.1 Å². The maximum atomic E-state index is 13.2. The van der Waals surface area contributed by atoms with Crippen molar-refractivity contribution in [3.63, 3.8) is 0 Å². The second-order valence-electron chi connectivity index (χ2n) is 6.98. The van der Waals surface area contributed by atoms with Crippen LogP contribution in [0.1, 0.15) is 22.2 Å². The molecule has 32 heavy (non-hydrogen) atoms. The highest BCUT2D eigenvalue weighted by atomic mass is 35.5. The van der Waals surface area contributed by atoms with Gasteiger partial charge in [0.2, 0.25) is 0 Å². The minimum absolute atomic E-state index is 0.0181. The van der Waals surface area contributed by atoms with Crippen LogP contribution in [0, 0.1) is 0 Å². The monoisotopic (exact) mass is 492 g/mol. The molecule has 1 aromatic heterocycles. The van der Waals surface area contributed by atoms with E-state index in [2.05, 4.69) is 4.72 Å². The van der Waals surface area contributed by atoms with Gasteiger partial charge in [-0.05, 0) is 43.3 Å². The number of thiophene rings is 1. The van der Waals surface area contributed by atoms with Gasteiger partial charge in [-0.15, -0.1) is 11.3 Å². The molecule has 0 aliphatic carbocycles. The lowest BCUT2D eigenvalue weighted by Gasteiger charge is -2.22. The predicted octanol–water partition coefficient (Wildman–Crippen LogP) is 4.64. The summed E-state index contributed by atoms with van der Waals surface area (Å²) in [5, 5.41) is 0. The highest BCUT2D eigenvalue weighted by Gasteiger charge is 2.23. The third-order valence-electron chi connectivity index (χ3n) is 4.87. The lowest BCUT2D eigenvalue weighted by molar-refractivity contribution is 0.0755. The topological polar surface area (TPSA) is 84.9 Å². The second kappa shape index (κ2) is 9.40. The minimum atomic E-state index is -3.96. The van der Waals surface area contributed by atoms with Crippen LogP contribution in [0.3, 0.4) is 0 Å². The summed E-state index contributed by atoms with van der Waals surface area (Å²) in [6, 6.07) is 14.6. The molecular weight excluding hydrogens is 472 g/mol. The molecule has 1 aliphatic heterocycles. The highest BCUT2D eigenvalue weighted by molar-refractivity contribution is 7.92. The lowest BCUT2D eigenvalue weighted by atomic mass is 10.1. The average Bonchev–Trinajstić information content (AvgIpc) is 3.21. The number of hydrogen-bond acceptors (Lipinski definition) is 6. The van der Waals surface area contributed by atoms with Crippen LogP contribution in [0.15, 0.2) is 59.5 Å². The SMILES string of the molecule is CCN(Cc1ccc(Cl)s1)C(=O)c1ccccc1NS(=O)(=O)c1ccc2c(c1)OCCO2. The standard InChI is InChI=1S/C22H21ClN2O5S2/c1-2-25(14-15-7-10-21(23)31-15)22(26)17-5-3-4-6-18(17)24-32(27,28)16-8-9-19-20(13-16)30-12-11-29-19/h3-10,13,24H,2,11-12,14H2,1H3. The van der Waals surface area contributed by atoms with Crippen molar-refractivity contribution >= 4 is 44.6 Å². The Labute approximate surface area is 195 Å². The molecule has 4 rings (SSSR count). The van der Waals surface area contributed by atoms with Crippen molar-refractivity contribution in [3.8, 4) is 11.5 Å². The highest BCUT2D eigenvalue weighted by Crippen LogP contribution is 2.33. The van der Waals surface area contributed by atoms with Crippen molar-refractivity contribution in [3.05, 3.63) is 69.4 Å². The lowest BCUT2D eigenvalue weighted by Crippen LogP contribution is -2.31. The Balaban J connectivity index is 1.59. The fourth-order valence-electron chi connectivity index (χ4n) is 3.28. The van der Waals surface area contributed by atoms with Crippen LogP contribution in [0.2, 0.25) is 4.34 Å². The summed E-state index contributed by atoms with van der Waals surface area (Å²) < 4.78 is 40.2. The van der Waals surface area contributed by atoms with Crippen molar-refractivity contribution in [2.24, 2.45) is 0 Å². The van der Waals surface area contributed by atoms with Crippen molar-refractivity contribution in [1.82, 2.24) is 4.90 Å². The van der Waals surface area contributed by atoms with Gasteiger partial charge in [-0.3, -0.25) is 9.52 Å². The van der Waals surface area contributed by atoms with Crippen molar-refractivity contribution in [2.75, 3.05) is 24.5 Å². The number of hydrogen-bond donors (Lipinski definition) is 1. The molecule has 0 saturated heterocycles. The number of nitrogens with one attached hydrogen (secondary N) is 1. The molecule has 2 heterocycles. The van der Waals surface area contributed by atoms with E-state index in [4.69, 9.17) is 21.1 Å². The molecule has 0 radical (unpaired) electrons.